The molecule has 68 valence electrons. The highest BCUT2D eigenvalue weighted by molar-refractivity contribution is 5.88. The van der Waals surface area contributed by atoms with Gasteiger partial charge in [0.25, 0.3) is 5.91 Å². The number of carbonyl (C=O) groups is 2. The highest BCUT2D eigenvalue weighted by atomic mass is 19.1. The van der Waals surface area contributed by atoms with E-state index in [1.54, 1.807) is 0 Å². The lowest BCUT2D eigenvalue weighted by Gasteiger charge is -2.20. The molecule has 0 aliphatic carbocycles. The molecule has 12 heavy (non-hydrogen) atoms. The van der Waals surface area contributed by atoms with Crippen LogP contribution in [-0.2, 0) is 9.59 Å². The minimum atomic E-state index is -0.996. The number of hydrogen-bond donors (Lipinski definition) is 0. The highest BCUT2D eigenvalue weighted by Gasteiger charge is 2.31. The molecule has 0 aromatic heterocycles. The Morgan fingerprint density at radius 1 is 1.58 bits per heavy atom. The Bertz CT molecular complexity index is 205. The first kappa shape index (κ1) is 9.16. The van der Waals surface area contributed by atoms with Gasteiger partial charge in [0.15, 0.2) is 12.5 Å². The Morgan fingerprint density at radius 3 is 2.75 bits per heavy atom. The molecule has 4 heteroatoms. The molecule has 0 spiro atoms. The zero-order valence-corrected chi connectivity index (χ0v) is 7.05. The number of alkyl halides is 1. The summed E-state index contributed by atoms with van der Waals surface area (Å²) in [6, 6.07) is -0.367. The number of Topliss-reactive ketones (excluding diaryl/α,β-unsaturated/α-hetero) is 1. The third kappa shape index (κ3) is 1.62. The van der Waals surface area contributed by atoms with E-state index in [-0.39, 0.29) is 11.8 Å². The topological polar surface area (TPSA) is 37.4 Å². The first-order chi connectivity index (χ1) is 5.66. The Kier molecular flexibility index (Phi) is 2.78. The second-order valence-electron chi connectivity index (χ2n) is 2.99. The van der Waals surface area contributed by atoms with Gasteiger partial charge in [0.2, 0.25) is 0 Å². The zero-order valence-electron chi connectivity index (χ0n) is 7.05. The predicted molar refractivity (Wildman–Crippen MR) is 41.4 cm³/mol. The van der Waals surface area contributed by atoms with Crippen molar-refractivity contribution >= 4 is 11.7 Å². The van der Waals surface area contributed by atoms with Crippen molar-refractivity contribution in [3.05, 3.63) is 0 Å². The molecular weight excluding hydrogens is 161 g/mol. The summed E-state index contributed by atoms with van der Waals surface area (Å²) in [6.45, 7) is 0.964. The largest absolute Gasteiger partial charge is 0.330 e. The Labute approximate surface area is 70.5 Å². The van der Waals surface area contributed by atoms with Gasteiger partial charge in [-0.3, -0.25) is 9.59 Å². The van der Waals surface area contributed by atoms with Gasteiger partial charge in [-0.05, 0) is 19.8 Å². The predicted octanol–water partition coefficient (Wildman–Crippen LogP) is 0.536. The van der Waals surface area contributed by atoms with E-state index in [4.69, 9.17) is 0 Å². The molecule has 0 bridgehead atoms. The molecule has 1 fully saturated rings. The Hall–Kier alpha value is -0.930. The van der Waals surface area contributed by atoms with Crippen molar-refractivity contribution in [3.63, 3.8) is 0 Å². The molecule has 1 amide bonds. The SMILES string of the molecule is CC(=O)C1CCCN1C(=O)CF. The van der Waals surface area contributed by atoms with Crippen LogP contribution in [0.1, 0.15) is 19.8 Å². The lowest BCUT2D eigenvalue weighted by molar-refractivity contribution is -0.137. The summed E-state index contributed by atoms with van der Waals surface area (Å²) in [4.78, 5) is 23.2. The van der Waals surface area contributed by atoms with Crippen molar-refractivity contribution in [1.82, 2.24) is 4.90 Å². The summed E-state index contributed by atoms with van der Waals surface area (Å²) < 4.78 is 12.0. The van der Waals surface area contributed by atoms with E-state index in [2.05, 4.69) is 0 Å². The number of ketones is 1. The number of hydrogen-bond acceptors (Lipinski definition) is 2. The normalized spacial score (nSPS) is 22.8. The third-order valence-corrected chi connectivity index (χ3v) is 2.16. The molecule has 0 N–H and O–H groups in total. The van der Waals surface area contributed by atoms with Crippen molar-refractivity contribution in [3.8, 4) is 0 Å². The van der Waals surface area contributed by atoms with Gasteiger partial charge in [0.1, 0.15) is 0 Å². The van der Waals surface area contributed by atoms with Gasteiger partial charge in [-0.15, -0.1) is 0 Å². The van der Waals surface area contributed by atoms with Crippen molar-refractivity contribution in [1.29, 1.82) is 0 Å². The zero-order chi connectivity index (χ0) is 9.14. The third-order valence-electron chi connectivity index (χ3n) is 2.16. The van der Waals surface area contributed by atoms with Crippen LogP contribution in [0.3, 0.4) is 0 Å². The average molecular weight is 173 g/mol. The second-order valence-corrected chi connectivity index (χ2v) is 2.99. The van der Waals surface area contributed by atoms with E-state index < -0.39 is 12.6 Å². The molecule has 1 atom stereocenters. The summed E-state index contributed by atoms with van der Waals surface area (Å²) in [5.41, 5.74) is 0. The molecule has 1 aliphatic heterocycles. The van der Waals surface area contributed by atoms with Crippen LogP contribution in [0.5, 0.6) is 0 Å². The monoisotopic (exact) mass is 173 g/mol. The van der Waals surface area contributed by atoms with Crippen LogP contribution < -0.4 is 0 Å². The van der Waals surface area contributed by atoms with E-state index in [0.717, 1.165) is 6.42 Å². The lowest BCUT2D eigenvalue weighted by atomic mass is 10.1. The van der Waals surface area contributed by atoms with Crippen LogP contribution in [0.2, 0.25) is 0 Å². The minimum Gasteiger partial charge on any atom is -0.330 e. The summed E-state index contributed by atoms with van der Waals surface area (Å²) in [7, 11) is 0. The van der Waals surface area contributed by atoms with Crippen LogP contribution in [-0.4, -0.2) is 35.9 Å². The molecule has 0 radical (unpaired) electrons. The molecule has 0 aromatic carbocycles. The van der Waals surface area contributed by atoms with Gasteiger partial charge < -0.3 is 4.90 Å². The summed E-state index contributed by atoms with van der Waals surface area (Å²) in [6.07, 6.45) is 1.48. The Balaban J connectivity index is 2.63. The number of carbonyl (C=O) groups excluding carboxylic acids is 2. The van der Waals surface area contributed by atoms with Gasteiger partial charge in [-0.25, -0.2) is 4.39 Å². The van der Waals surface area contributed by atoms with E-state index in [0.29, 0.717) is 13.0 Å². The lowest BCUT2D eigenvalue weighted by Crippen LogP contribution is -2.40. The average Bonchev–Trinajstić information content (AvgIpc) is 2.50. The van der Waals surface area contributed by atoms with Crippen molar-refractivity contribution in [2.24, 2.45) is 0 Å². The number of likely N-dealkylation sites (tertiary alicyclic amines) is 1. The van der Waals surface area contributed by atoms with E-state index in [1.807, 2.05) is 0 Å². The standard InChI is InChI=1S/C8H12FNO2/c1-6(11)7-3-2-4-10(7)8(12)5-9/h7H,2-5H2,1H3. The van der Waals surface area contributed by atoms with E-state index in [9.17, 15) is 14.0 Å². The van der Waals surface area contributed by atoms with Gasteiger partial charge >= 0.3 is 0 Å². The first-order valence-corrected chi connectivity index (χ1v) is 4.02. The number of rotatable bonds is 2. The molecule has 1 heterocycles. The molecule has 0 aromatic rings. The van der Waals surface area contributed by atoms with E-state index >= 15 is 0 Å². The van der Waals surface area contributed by atoms with Gasteiger partial charge in [0, 0.05) is 6.54 Å². The van der Waals surface area contributed by atoms with Crippen molar-refractivity contribution < 1.29 is 14.0 Å². The second kappa shape index (κ2) is 3.65. The molecular formula is C8H12FNO2. The first-order valence-electron chi connectivity index (χ1n) is 4.02. The van der Waals surface area contributed by atoms with Gasteiger partial charge in [-0.2, -0.15) is 0 Å². The molecule has 1 saturated heterocycles. The summed E-state index contributed by atoms with van der Waals surface area (Å²) in [5, 5.41) is 0. The molecule has 0 saturated carbocycles. The molecule has 1 rings (SSSR count). The number of nitrogens with zero attached hydrogens (tertiary/aromatic N) is 1. The maximum atomic E-state index is 12.0. The van der Waals surface area contributed by atoms with Crippen LogP contribution in [0, 0.1) is 0 Å². The maximum Gasteiger partial charge on any atom is 0.254 e. The van der Waals surface area contributed by atoms with Crippen molar-refractivity contribution in [2.75, 3.05) is 13.2 Å². The van der Waals surface area contributed by atoms with Crippen molar-refractivity contribution in [2.45, 2.75) is 25.8 Å². The molecule has 3 nitrogen and oxygen atoms in total. The summed E-state index contributed by atoms with van der Waals surface area (Å²) in [5.74, 6) is -0.609. The van der Waals surface area contributed by atoms with Gasteiger partial charge in [0.05, 0.1) is 6.04 Å². The quantitative estimate of drug-likeness (QED) is 0.611. The molecule has 1 aliphatic rings. The smallest absolute Gasteiger partial charge is 0.254 e. The Morgan fingerprint density at radius 2 is 2.25 bits per heavy atom. The van der Waals surface area contributed by atoms with Crippen LogP contribution in [0.15, 0.2) is 0 Å². The van der Waals surface area contributed by atoms with Crippen LogP contribution >= 0.6 is 0 Å². The molecule has 1 unspecified atom stereocenters. The number of amides is 1. The highest BCUT2D eigenvalue weighted by Crippen LogP contribution is 2.17. The fourth-order valence-electron chi connectivity index (χ4n) is 1.56. The fraction of sp³-hybridized carbons (Fsp3) is 0.750. The van der Waals surface area contributed by atoms with Gasteiger partial charge in [-0.1, -0.05) is 0 Å². The van der Waals surface area contributed by atoms with E-state index in [1.165, 1.54) is 11.8 Å². The van der Waals surface area contributed by atoms with Crippen LogP contribution in [0.25, 0.3) is 0 Å². The maximum absolute atomic E-state index is 12.0. The van der Waals surface area contributed by atoms with Crippen LogP contribution in [0.4, 0.5) is 4.39 Å². The summed E-state index contributed by atoms with van der Waals surface area (Å²) >= 11 is 0. The number of halogens is 1. The fourth-order valence-corrected chi connectivity index (χ4v) is 1.56. The minimum absolute atomic E-state index is 0.0469.